The molecule has 0 amide bonds. The minimum atomic E-state index is -0.478. The lowest BCUT2D eigenvalue weighted by Crippen LogP contribution is -2.21. The Balaban J connectivity index is 1.79. The van der Waals surface area contributed by atoms with Gasteiger partial charge in [0.2, 0.25) is 5.95 Å². The molecule has 0 spiro atoms. The number of rotatable bonds is 3. The zero-order chi connectivity index (χ0) is 10.5. The van der Waals surface area contributed by atoms with Crippen molar-refractivity contribution < 1.29 is 13.9 Å². The maximum atomic E-state index is 12.5. The molecule has 0 aliphatic carbocycles. The Morgan fingerprint density at radius 1 is 1.40 bits per heavy atom. The molecular weight excluding hydrogens is 197 g/mol. The smallest absolute Gasteiger partial charge is 0.213 e. The van der Waals surface area contributed by atoms with Gasteiger partial charge in [-0.25, -0.2) is 4.98 Å². The molecule has 0 radical (unpaired) electrons. The molecule has 0 atom stereocenters. The van der Waals surface area contributed by atoms with Gasteiger partial charge in [0.05, 0.1) is 12.8 Å². The van der Waals surface area contributed by atoms with Crippen LogP contribution in [0.3, 0.4) is 0 Å². The molecule has 0 saturated carbocycles. The third kappa shape index (κ3) is 3.16. The number of nitrogens with zero attached hydrogens (tertiary/aromatic N) is 1. The molecular formula is C11H14FNO2. The summed E-state index contributed by atoms with van der Waals surface area (Å²) in [4.78, 5) is 3.53. The maximum absolute atomic E-state index is 12.5. The van der Waals surface area contributed by atoms with Gasteiger partial charge in [-0.1, -0.05) is 0 Å². The third-order valence-corrected chi connectivity index (χ3v) is 2.53. The molecule has 0 unspecified atom stereocenters. The summed E-state index contributed by atoms with van der Waals surface area (Å²) in [7, 11) is 0. The summed E-state index contributed by atoms with van der Waals surface area (Å²) in [6, 6.07) is 2.90. The van der Waals surface area contributed by atoms with Crippen LogP contribution in [0.15, 0.2) is 18.3 Å². The highest BCUT2D eigenvalue weighted by atomic mass is 19.1. The molecule has 2 heterocycles. The first-order chi connectivity index (χ1) is 7.34. The molecule has 1 aromatic rings. The van der Waals surface area contributed by atoms with E-state index in [1.165, 1.54) is 12.3 Å². The van der Waals surface area contributed by atoms with Crippen LogP contribution >= 0.6 is 0 Å². The lowest BCUT2D eigenvalue weighted by atomic mass is 10.0. The van der Waals surface area contributed by atoms with Crippen molar-refractivity contribution in [1.82, 2.24) is 4.98 Å². The summed E-state index contributed by atoms with van der Waals surface area (Å²) in [6.45, 7) is 2.29. The summed E-state index contributed by atoms with van der Waals surface area (Å²) in [5, 5.41) is 0. The minimum absolute atomic E-state index is 0.478. The lowest BCUT2D eigenvalue weighted by molar-refractivity contribution is 0.0497. The molecule has 82 valence electrons. The molecule has 3 nitrogen and oxygen atoms in total. The Labute approximate surface area is 88.2 Å². The second-order valence-corrected chi connectivity index (χ2v) is 3.68. The fraction of sp³-hybridized carbons (Fsp3) is 0.545. The molecule has 0 N–H and O–H groups in total. The molecule has 1 aliphatic rings. The summed E-state index contributed by atoms with van der Waals surface area (Å²) in [5.74, 6) is 0.695. The van der Waals surface area contributed by atoms with E-state index in [0.29, 0.717) is 18.3 Å². The van der Waals surface area contributed by atoms with Crippen molar-refractivity contribution in [3.05, 3.63) is 24.3 Å². The normalized spacial score (nSPS) is 17.7. The molecule has 1 fully saturated rings. The number of hydrogen-bond acceptors (Lipinski definition) is 3. The summed E-state index contributed by atoms with van der Waals surface area (Å²) >= 11 is 0. The number of aromatic nitrogens is 1. The van der Waals surface area contributed by atoms with Crippen LogP contribution < -0.4 is 4.74 Å². The van der Waals surface area contributed by atoms with Gasteiger partial charge in [0.15, 0.2) is 0 Å². The Bertz CT molecular complexity index is 296. The predicted octanol–water partition coefficient (Wildman–Crippen LogP) is 2.03. The van der Waals surface area contributed by atoms with Crippen molar-refractivity contribution in [3.63, 3.8) is 0 Å². The molecule has 15 heavy (non-hydrogen) atoms. The van der Waals surface area contributed by atoms with Gasteiger partial charge in [-0.2, -0.15) is 4.39 Å². The predicted molar refractivity (Wildman–Crippen MR) is 53.2 cm³/mol. The molecule has 1 aromatic heterocycles. The first kappa shape index (κ1) is 10.4. The van der Waals surface area contributed by atoms with Gasteiger partial charge in [-0.05, 0) is 30.9 Å². The highest BCUT2D eigenvalue weighted by Crippen LogP contribution is 2.17. The largest absolute Gasteiger partial charge is 0.492 e. The van der Waals surface area contributed by atoms with Gasteiger partial charge < -0.3 is 9.47 Å². The second-order valence-electron chi connectivity index (χ2n) is 3.68. The Morgan fingerprint density at radius 2 is 2.20 bits per heavy atom. The van der Waals surface area contributed by atoms with E-state index >= 15 is 0 Å². The second kappa shape index (κ2) is 5.07. The molecule has 4 heteroatoms. The van der Waals surface area contributed by atoms with Crippen LogP contribution in [0.5, 0.6) is 5.75 Å². The standard InChI is InChI=1S/C11H14FNO2/c12-11-2-1-10(7-13-11)15-8-9-3-5-14-6-4-9/h1-2,7,9H,3-6,8H2. The van der Waals surface area contributed by atoms with Crippen LogP contribution in [0.1, 0.15) is 12.8 Å². The van der Waals surface area contributed by atoms with Crippen LogP contribution in [0.25, 0.3) is 0 Å². The first-order valence-electron chi connectivity index (χ1n) is 5.17. The monoisotopic (exact) mass is 211 g/mol. The number of pyridine rings is 1. The Kier molecular flexibility index (Phi) is 3.50. The fourth-order valence-corrected chi connectivity index (χ4v) is 1.57. The van der Waals surface area contributed by atoms with Gasteiger partial charge >= 0.3 is 0 Å². The average Bonchev–Trinajstić information content (AvgIpc) is 2.30. The van der Waals surface area contributed by atoms with Crippen LogP contribution in [-0.4, -0.2) is 24.8 Å². The number of hydrogen-bond donors (Lipinski definition) is 0. The zero-order valence-corrected chi connectivity index (χ0v) is 8.49. The van der Waals surface area contributed by atoms with Crippen molar-refractivity contribution in [3.8, 4) is 5.75 Å². The van der Waals surface area contributed by atoms with Crippen LogP contribution in [0.2, 0.25) is 0 Å². The van der Waals surface area contributed by atoms with Crippen molar-refractivity contribution in [2.75, 3.05) is 19.8 Å². The third-order valence-electron chi connectivity index (χ3n) is 2.53. The van der Waals surface area contributed by atoms with E-state index in [0.717, 1.165) is 26.1 Å². The average molecular weight is 211 g/mol. The molecule has 2 rings (SSSR count). The lowest BCUT2D eigenvalue weighted by Gasteiger charge is -2.21. The van der Waals surface area contributed by atoms with E-state index in [2.05, 4.69) is 4.98 Å². The van der Waals surface area contributed by atoms with Crippen molar-refractivity contribution >= 4 is 0 Å². The number of ether oxygens (including phenoxy) is 2. The van der Waals surface area contributed by atoms with Gasteiger partial charge in [-0.3, -0.25) is 0 Å². The topological polar surface area (TPSA) is 31.4 Å². The first-order valence-corrected chi connectivity index (χ1v) is 5.17. The van der Waals surface area contributed by atoms with Gasteiger partial charge in [0, 0.05) is 13.2 Å². The van der Waals surface area contributed by atoms with E-state index in [-0.39, 0.29) is 0 Å². The SMILES string of the molecule is Fc1ccc(OCC2CCOCC2)cn1. The van der Waals surface area contributed by atoms with E-state index in [1.54, 1.807) is 6.07 Å². The van der Waals surface area contributed by atoms with Crippen molar-refractivity contribution in [1.29, 1.82) is 0 Å². The number of halogens is 1. The van der Waals surface area contributed by atoms with Gasteiger partial charge in [0.25, 0.3) is 0 Å². The van der Waals surface area contributed by atoms with Crippen molar-refractivity contribution in [2.45, 2.75) is 12.8 Å². The molecule has 1 saturated heterocycles. The van der Waals surface area contributed by atoms with Crippen LogP contribution in [0, 0.1) is 11.9 Å². The van der Waals surface area contributed by atoms with Crippen LogP contribution in [0.4, 0.5) is 4.39 Å². The van der Waals surface area contributed by atoms with E-state index in [9.17, 15) is 4.39 Å². The minimum Gasteiger partial charge on any atom is -0.492 e. The van der Waals surface area contributed by atoms with E-state index in [4.69, 9.17) is 9.47 Å². The van der Waals surface area contributed by atoms with E-state index < -0.39 is 5.95 Å². The van der Waals surface area contributed by atoms with Gasteiger partial charge in [0.1, 0.15) is 5.75 Å². The summed E-state index contributed by atoms with van der Waals surface area (Å²) in [5.41, 5.74) is 0. The Hall–Kier alpha value is -1.16. The zero-order valence-electron chi connectivity index (χ0n) is 8.49. The Morgan fingerprint density at radius 3 is 2.87 bits per heavy atom. The van der Waals surface area contributed by atoms with Crippen LogP contribution in [-0.2, 0) is 4.74 Å². The molecule has 0 aromatic carbocycles. The quantitative estimate of drug-likeness (QED) is 0.717. The molecule has 1 aliphatic heterocycles. The van der Waals surface area contributed by atoms with E-state index in [1.807, 2.05) is 0 Å². The van der Waals surface area contributed by atoms with Gasteiger partial charge in [-0.15, -0.1) is 0 Å². The summed E-state index contributed by atoms with van der Waals surface area (Å²) in [6.07, 6.45) is 3.48. The highest BCUT2D eigenvalue weighted by molar-refractivity contribution is 5.16. The fourth-order valence-electron chi connectivity index (χ4n) is 1.57. The summed E-state index contributed by atoms with van der Waals surface area (Å²) < 4.78 is 23.3. The highest BCUT2D eigenvalue weighted by Gasteiger charge is 2.14. The maximum Gasteiger partial charge on any atom is 0.213 e. The van der Waals surface area contributed by atoms with Crippen molar-refractivity contribution in [2.24, 2.45) is 5.92 Å². The molecule has 0 bridgehead atoms.